The maximum Gasteiger partial charge on any atom is 0.130 e. The van der Waals surface area contributed by atoms with Crippen LogP contribution in [-0.2, 0) is 0 Å². The van der Waals surface area contributed by atoms with Gasteiger partial charge < -0.3 is 5.32 Å². The van der Waals surface area contributed by atoms with E-state index in [9.17, 15) is 8.78 Å². The Labute approximate surface area is 108 Å². The van der Waals surface area contributed by atoms with Gasteiger partial charge >= 0.3 is 0 Å². The third kappa shape index (κ3) is 3.29. The number of benzene rings is 1. The monoisotopic (exact) mass is 253 g/mol. The second kappa shape index (κ2) is 5.79. The van der Waals surface area contributed by atoms with E-state index in [-0.39, 0.29) is 6.04 Å². The van der Waals surface area contributed by atoms with Crippen molar-refractivity contribution in [3.05, 3.63) is 35.4 Å². The molecule has 0 aromatic heterocycles. The lowest BCUT2D eigenvalue weighted by Crippen LogP contribution is -2.32. The van der Waals surface area contributed by atoms with Crippen LogP contribution in [0.2, 0.25) is 0 Å². The van der Waals surface area contributed by atoms with Gasteiger partial charge in [0.15, 0.2) is 0 Å². The molecule has 2 unspecified atom stereocenters. The molecule has 0 radical (unpaired) electrons. The van der Waals surface area contributed by atoms with E-state index in [0.717, 1.165) is 18.4 Å². The van der Waals surface area contributed by atoms with E-state index < -0.39 is 11.6 Å². The predicted octanol–water partition coefficient (Wildman–Crippen LogP) is 4.19. The SMILES string of the molecule is CC(CC1CCC1)NC(C)c1ccc(F)cc1F. The normalized spacial score (nSPS) is 19.3. The molecular formula is C15H21F2N. The molecule has 1 aromatic carbocycles. The van der Waals surface area contributed by atoms with Crippen LogP contribution in [0.5, 0.6) is 0 Å². The van der Waals surface area contributed by atoms with Gasteiger partial charge in [-0.1, -0.05) is 25.3 Å². The minimum absolute atomic E-state index is 0.0827. The molecule has 0 spiro atoms. The first-order valence-corrected chi connectivity index (χ1v) is 6.77. The van der Waals surface area contributed by atoms with Crippen LogP contribution < -0.4 is 5.32 Å². The summed E-state index contributed by atoms with van der Waals surface area (Å²) in [5.74, 6) is -0.158. The molecule has 0 amide bonds. The van der Waals surface area contributed by atoms with Crippen LogP contribution in [0.15, 0.2) is 18.2 Å². The van der Waals surface area contributed by atoms with Gasteiger partial charge in [0, 0.05) is 23.7 Å². The average molecular weight is 253 g/mol. The Kier molecular flexibility index (Phi) is 4.33. The molecule has 3 heteroatoms. The van der Waals surface area contributed by atoms with Gasteiger partial charge in [-0.3, -0.25) is 0 Å². The lowest BCUT2D eigenvalue weighted by Gasteiger charge is -2.30. The van der Waals surface area contributed by atoms with Crippen LogP contribution in [0.1, 0.15) is 51.1 Å². The molecule has 18 heavy (non-hydrogen) atoms. The highest BCUT2D eigenvalue weighted by atomic mass is 19.1. The zero-order valence-electron chi connectivity index (χ0n) is 11.0. The smallest absolute Gasteiger partial charge is 0.130 e. The number of hydrogen-bond acceptors (Lipinski definition) is 1. The van der Waals surface area contributed by atoms with Crippen molar-refractivity contribution >= 4 is 0 Å². The maximum absolute atomic E-state index is 13.6. The van der Waals surface area contributed by atoms with Crippen LogP contribution in [0.25, 0.3) is 0 Å². The highest BCUT2D eigenvalue weighted by Gasteiger charge is 2.21. The molecule has 1 aliphatic carbocycles. The summed E-state index contributed by atoms with van der Waals surface area (Å²) in [6.45, 7) is 4.06. The minimum Gasteiger partial charge on any atom is -0.308 e. The molecule has 0 heterocycles. The highest BCUT2D eigenvalue weighted by molar-refractivity contribution is 5.21. The second-order valence-corrected chi connectivity index (χ2v) is 5.49. The Hall–Kier alpha value is -0.960. The summed E-state index contributed by atoms with van der Waals surface area (Å²) in [7, 11) is 0. The van der Waals surface area contributed by atoms with Crippen molar-refractivity contribution in [3.8, 4) is 0 Å². The van der Waals surface area contributed by atoms with Gasteiger partial charge in [-0.25, -0.2) is 8.78 Å². The van der Waals surface area contributed by atoms with Crippen LogP contribution in [-0.4, -0.2) is 6.04 Å². The lowest BCUT2D eigenvalue weighted by atomic mass is 9.81. The van der Waals surface area contributed by atoms with Gasteiger partial charge in [-0.2, -0.15) is 0 Å². The van der Waals surface area contributed by atoms with Crippen molar-refractivity contribution in [3.63, 3.8) is 0 Å². The molecule has 1 saturated carbocycles. The minimum atomic E-state index is -0.522. The van der Waals surface area contributed by atoms with Crippen molar-refractivity contribution in [2.45, 2.75) is 51.6 Å². The molecule has 0 bridgehead atoms. The topological polar surface area (TPSA) is 12.0 Å². The summed E-state index contributed by atoms with van der Waals surface area (Å²) in [5, 5.41) is 3.39. The molecule has 1 fully saturated rings. The van der Waals surface area contributed by atoms with E-state index in [1.807, 2.05) is 6.92 Å². The first-order valence-electron chi connectivity index (χ1n) is 6.77. The summed E-state index contributed by atoms with van der Waals surface area (Å²) in [4.78, 5) is 0. The molecular weight excluding hydrogens is 232 g/mol. The fourth-order valence-electron chi connectivity index (χ4n) is 2.67. The zero-order chi connectivity index (χ0) is 13.1. The first kappa shape index (κ1) is 13.5. The number of hydrogen-bond donors (Lipinski definition) is 1. The first-order chi connectivity index (χ1) is 8.56. The lowest BCUT2D eigenvalue weighted by molar-refractivity contribution is 0.259. The summed E-state index contributed by atoms with van der Waals surface area (Å²) >= 11 is 0. The Morgan fingerprint density at radius 2 is 2.00 bits per heavy atom. The fraction of sp³-hybridized carbons (Fsp3) is 0.600. The van der Waals surface area contributed by atoms with Gasteiger partial charge in [0.2, 0.25) is 0 Å². The quantitative estimate of drug-likeness (QED) is 0.829. The largest absolute Gasteiger partial charge is 0.308 e. The van der Waals surface area contributed by atoms with Crippen molar-refractivity contribution in [2.24, 2.45) is 5.92 Å². The molecule has 1 nitrogen and oxygen atoms in total. The van der Waals surface area contributed by atoms with E-state index in [1.54, 1.807) is 0 Å². The number of nitrogens with one attached hydrogen (secondary N) is 1. The standard InChI is InChI=1S/C15H21F2N/c1-10(8-12-4-3-5-12)18-11(2)14-7-6-13(16)9-15(14)17/h6-7,9-12,18H,3-5,8H2,1-2H3. The van der Waals surface area contributed by atoms with Gasteiger partial charge in [-0.05, 0) is 32.3 Å². The summed E-state index contributed by atoms with van der Waals surface area (Å²) in [6.07, 6.45) is 5.14. The Morgan fingerprint density at radius 1 is 1.28 bits per heavy atom. The molecule has 1 aliphatic rings. The van der Waals surface area contributed by atoms with E-state index >= 15 is 0 Å². The van der Waals surface area contributed by atoms with E-state index in [4.69, 9.17) is 0 Å². The molecule has 0 saturated heterocycles. The molecule has 100 valence electrons. The van der Waals surface area contributed by atoms with E-state index in [0.29, 0.717) is 11.6 Å². The third-order valence-corrected chi connectivity index (χ3v) is 3.88. The molecule has 2 rings (SSSR count). The van der Waals surface area contributed by atoms with Crippen molar-refractivity contribution < 1.29 is 8.78 Å². The van der Waals surface area contributed by atoms with E-state index in [2.05, 4.69) is 12.2 Å². The highest BCUT2D eigenvalue weighted by Crippen LogP contribution is 2.31. The van der Waals surface area contributed by atoms with E-state index in [1.165, 1.54) is 31.4 Å². The van der Waals surface area contributed by atoms with Gasteiger partial charge in [-0.15, -0.1) is 0 Å². The van der Waals surface area contributed by atoms with Crippen LogP contribution in [0.3, 0.4) is 0 Å². The molecule has 2 atom stereocenters. The zero-order valence-corrected chi connectivity index (χ0v) is 11.0. The Bertz CT molecular complexity index is 401. The Morgan fingerprint density at radius 3 is 2.56 bits per heavy atom. The summed E-state index contributed by atoms with van der Waals surface area (Å²) in [6, 6.07) is 4.07. The maximum atomic E-state index is 13.6. The molecule has 1 N–H and O–H groups in total. The number of rotatable bonds is 5. The van der Waals surface area contributed by atoms with Crippen LogP contribution >= 0.6 is 0 Å². The average Bonchev–Trinajstić information content (AvgIpc) is 2.23. The summed E-state index contributed by atoms with van der Waals surface area (Å²) < 4.78 is 26.4. The van der Waals surface area contributed by atoms with Gasteiger partial charge in [0.1, 0.15) is 11.6 Å². The third-order valence-electron chi connectivity index (χ3n) is 3.88. The Balaban J connectivity index is 1.91. The van der Waals surface area contributed by atoms with Crippen LogP contribution in [0, 0.1) is 17.6 Å². The van der Waals surface area contributed by atoms with Gasteiger partial charge in [0.25, 0.3) is 0 Å². The number of halogens is 2. The van der Waals surface area contributed by atoms with Crippen molar-refractivity contribution in [2.75, 3.05) is 0 Å². The van der Waals surface area contributed by atoms with Crippen LogP contribution in [0.4, 0.5) is 8.78 Å². The fourth-order valence-corrected chi connectivity index (χ4v) is 2.67. The molecule has 0 aliphatic heterocycles. The molecule has 1 aromatic rings. The van der Waals surface area contributed by atoms with Crippen molar-refractivity contribution in [1.29, 1.82) is 0 Å². The summed E-state index contributed by atoms with van der Waals surface area (Å²) in [5.41, 5.74) is 0.539. The second-order valence-electron chi connectivity index (χ2n) is 5.49. The predicted molar refractivity (Wildman–Crippen MR) is 69.3 cm³/mol. The van der Waals surface area contributed by atoms with Gasteiger partial charge in [0.05, 0.1) is 0 Å². The van der Waals surface area contributed by atoms with Crippen molar-refractivity contribution in [1.82, 2.24) is 5.32 Å².